The molecule has 1 atom stereocenters. The van der Waals surface area contributed by atoms with Gasteiger partial charge in [-0.3, -0.25) is 0 Å². The number of benzene rings is 1. The molecule has 3 heteroatoms. The van der Waals surface area contributed by atoms with Crippen LogP contribution in [0.4, 0.5) is 0 Å². The van der Waals surface area contributed by atoms with Gasteiger partial charge in [0.15, 0.2) is 0 Å². The Kier molecular flexibility index (Phi) is 5.15. The fourth-order valence-electron chi connectivity index (χ4n) is 1.46. The average molecular weight is 209 g/mol. The second kappa shape index (κ2) is 6.43. The topological polar surface area (TPSA) is 41.5 Å². The number of aliphatic hydroxyl groups is 1. The molecule has 2 N–H and O–H groups in total. The van der Waals surface area contributed by atoms with Gasteiger partial charge in [0.25, 0.3) is 0 Å². The summed E-state index contributed by atoms with van der Waals surface area (Å²) in [5, 5.41) is 12.0. The van der Waals surface area contributed by atoms with E-state index in [1.165, 1.54) is 5.56 Å². The summed E-state index contributed by atoms with van der Waals surface area (Å²) in [6.07, 6.45) is 0. The fourth-order valence-corrected chi connectivity index (χ4v) is 1.46. The van der Waals surface area contributed by atoms with Crippen LogP contribution in [-0.2, 0) is 0 Å². The van der Waals surface area contributed by atoms with E-state index >= 15 is 0 Å². The Morgan fingerprint density at radius 3 is 2.93 bits per heavy atom. The van der Waals surface area contributed by atoms with Crippen molar-refractivity contribution in [3.63, 3.8) is 0 Å². The summed E-state index contributed by atoms with van der Waals surface area (Å²) in [6, 6.07) is 8.27. The molecule has 0 aliphatic heterocycles. The standard InChI is InChI=1S/C12H19NO2/c1-3-13-10(2)11-5-4-6-12(9-11)15-8-7-14/h4-6,9-10,13-14H,3,7-8H2,1-2H3. The molecular formula is C12H19NO2. The normalized spacial score (nSPS) is 12.5. The van der Waals surface area contributed by atoms with Gasteiger partial charge in [-0.2, -0.15) is 0 Å². The molecule has 3 nitrogen and oxygen atoms in total. The quantitative estimate of drug-likeness (QED) is 0.749. The van der Waals surface area contributed by atoms with E-state index in [2.05, 4.69) is 25.2 Å². The van der Waals surface area contributed by atoms with Gasteiger partial charge in [-0.25, -0.2) is 0 Å². The molecule has 1 rings (SSSR count). The lowest BCUT2D eigenvalue weighted by atomic mass is 10.1. The molecule has 84 valence electrons. The van der Waals surface area contributed by atoms with E-state index in [-0.39, 0.29) is 6.61 Å². The minimum atomic E-state index is 0.0486. The van der Waals surface area contributed by atoms with Gasteiger partial charge < -0.3 is 15.2 Å². The monoisotopic (exact) mass is 209 g/mol. The number of rotatable bonds is 6. The summed E-state index contributed by atoms with van der Waals surface area (Å²) in [6.45, 7) is 5.55. The van der Waals surface area contributed by atoms with Crippen LogP contribution < -0.4 is 10.1 Å². The number of nitrogens with one attached hydrogen (secondary N) is 1. The maximum atomic E-state index is 8.65. The summed E-state index contributed by atoms with van der Waals surface area (Å²) in [7, 11) is 0. The largest absolute Gasteiger partial charge is 0.491 e. The van der Waals surface area contributed by atoms with Crippen LogP contribution >= 0.6 is 0 Å². The van der Waals surface area contributed by atoms with Crippen LogP contribution in [0.3, 0.4) is 0 Å². The lowest BCUT2D eigenvalue weighted by molar-refractivity contribution is 0.201. The summed E-state index contributed by atoms with van der Waals surface area (Å²) in [5.41, 5.74) is 1.20. The Bertz CT molecular complexity index is 289. The fraction of sp³-hybridized carbons (Fsp3) is 0.500. The first-order chi connectivity index (χ1) is 7.27. The molecule has 0 aliphatic carbocycles. The van der Waals surface area contributed by atoms with Crippen molar-refractivity contribution < 1.29 is 9.84 Å². The molecule has 1 aromatic carbocycles. The number of ether oxygens (including phenoxy) is 1. The molecule has 0 aromatic heterocycles. The van der Waals surface area contributed by atoms with Crippen molar-refractivity contribution in [3.8, 4) is 5.75 Å². The first kappa shape index (κ1) is 12.0. The summed E-state index contributed by atoms with van der Waals surface area (Å²) in [5.74, 6) is 0.811. The first-order valence-corrected chi connectivity index (χ1v) is 5.35. The Morgan fingerprint density at radius 1 is 1.47 bits per heavy atom. The summed E-state index contributed by atoms with van der Waals surface area (Å²) < 4.78 is 5.35. The van der Waals surface area contributed by atoms with Gasteiger partial charge in [-0.05, 0) is 31.2 Å². The van der Waals surface area contributed by atoms with Crippen molar-refractivity contribution in [1.29, 1.82) is 0 Å². The molecule has 0 heterocycles. The first-order valence-electron chi connectivity index (χ1n) is 5.35. The van der Waals surface area contributed by atoms with Crippen LogP contribution in [0.15, 0.2) is 24.3 Å². The van der Waals surface area contributed by atoms with E-state index in [0.29, 0.717) is 12.6 Å². The van der Waals surface area contributed by atoms with Crippen molar-refractivity contribution in [1.82, 2.24) is 5.32 Å². The van der Waals surface area contributed by atoms with Crippen molar-refractivity contribution >= 4 is 0 Å². The maximum Gasteiger partial charge on any atom is 0.119 e. The Balaban J connectivity index is 2.64. The predicted molar refractivity (Wildman–Crippen MR) is 61.1 cm³/mol. The third-order valence-corrected chi connectivity index (χ3v) is 2.23. The third-order valence-electron chi connectivity index (χ3n) is 2.23. The van der Waals surface area contributed by atoms with Crippen LogP contribution in [0.25, 0.3) is 0 Å². The van der Waals surface area contributed by atoms with Gasteiger partial charge in [0, 0.05) is 6.04 Å². The van der Waals surface area contributed by atoms with Crippen molar-refractivity contribution in [2.75, 3.05) is 19.8 Å². The SMILES string of the molecule is CCNC(C)c1cccc(OCCO)c1. The maximum absolute atomic E-state index is 8.65. The highest BCUT2D eigenvalue weighted by Gasteiger charge is 2.04. The molecule has 0 amide bonds. The Hall–Kier alpha value is -1.06. The van der Waals surface area contributed by atoms with Crippen LogP contribution in [0, 0.1) is 0 Å². The molecule has 1 aromatic rings. The van der Waals surface area contributed by atoms with Crippen molar-refractivity contribution in [2.24, 2.45) is 0 Å². The Labute approximate surface area is 91.1 Å². The molecule has 0 spiro atoms. The molecule has 0 fully saturated rings. The van der Waals surface area contributed by atoms with Gasteiger partial charge >= 0.3 is 0 Å². The van der Waals surface area contributed by atoms with E-state index in [0.717, 1.165) is 12.3 Å². The highest BCUT2D eigenvalue weighted by Crippen LogP contribution is 2.18. The number of hydrogen-bond donors (Lipinski definition) is 2. The van der Waals surface area contributed by atoms with Gasteiger partial charge in [-0.1, -0.05) is 19.1 Å². The van der Waals surface area contributed by atoms with Crippen LogP contribution in [0.5, 0.6) is 5.75 Å². The molecule has 0 radical (unpaired) electrons. The molecule has 0 saturated heterocycles. The van der Waals surface area contributed by atoms with Gasteiger partial charge in [0.1, 0.15) is 12.4 Å². The van der Waals surface area contributed by atoms with Crippen LogP contribution in [-0.4, -0.2) is 24.9 Å². The van der Waals surface area contributed by atoms with Gasteiger partial charge in [0.2, 0.25) is 0 Å². The second-order valence-corrected chi connectivity index (χ2v) is 3.42. The third kappa shape index (κ3) is 3.90. The van der Waals surface area contributed by atoms with Crippen molar-refractivity contribution in [2.45, 2.75) is 19.9 Å². The van der Waals surface area contributed by atoms with Crippen LogP contribution in [0.2, 0.25) is 0 Å². The van der Waals surface area contributed by atoms with Gasteiger partial charge in [0.05, 0.1) is 6.61 Å². The number of aliphatic hydroxyl groups excluding tert-OH is 1. The van der Waals surface area contributed by atoms with E-state index in [4.69, 9.17) is 9.84 Å². The molecule has 0 saturated carbocycles. The summed E-state index contributed by atoms with van der Waals surface area (Å²) >= 11 is 0. The molecule has 15 heavy (non-hydrogen) atoms. The zero-order valence-corrected chi connectivity index (χ0v) is 9.36. The Morgan fingerprint density at radius 2 is 2.27 bits per heavy atom. The zero-order chi connectivity index (χ0) is 11.1. The molecular weight excluding hydrogens is 190 g/mol. The predicted octanol–water partition coefficient (Wildman–Crippen LogP) is 1.73. The van der Waals surface area contributed by atoms with E-state index in [1.54, 1.807) is 0 Å². The molecule has 1 unspecified atom stereocenters. The van der Waals surface area contributed by atoms with Crippen molar-refractivity contribution in [3.05, 3.63) is 29.8 Å². The highest BCUT2D eigenvalue weighted by molar-refractivity contribution is 5.30. The number of hydrogen-bond acceptors (Lipinski definition) is 3. The highest BCUT2D eigenvalue weighted by atomic mass is 16.5. The lowest BCUT2D eigenvalue weighted by Gasteiger charge is -2.14. The van der Waals surface area contributed by atoms with Crippen LogP contribution in [0.1, 0.15) is 25.5 Å². The van der Waals surface area contributed by atoms with Gasteiger partial charge in [-0.15, -0.1) is 0 Å². The minimum absolute atomic E-state index is 0.0486. The summed E-state index contributed by atoms with van der Waals surface area (Å²) in [4.78, 5) is 0. The smallest absolute Gasteiger partial charge is 0.119 e. The van der Waals surface area contributed by atoms with E-state index in [1.807, 2.05) is 18.2 Å². The lowest BCUT2D eigenvalue weighted by Crippen LogP contribution is -2.17. The molecule has 0 bridgehead atoms. The van der Waals surface area contributed by atoms with E-state index < -0.39 is 0 Å². The minimum Gasteiger partial charge on any atom is -0.491 e. The zero-order valence-electron chi connectivity index (χ0n) is 9.36. The second-order valence-electron chi connectivity index (χ2n) is 3.42. The average Bonchev–Trinajstić information content (AvgIpc) is 2.27. The van der Waals surface area contributed by atoms with E-state index in [9.17, 15) is 0 Å². The molecule has 0 aliphatic rings.